The number of alkyl halides is 2. The molecule has 0 spiro atoms. The van der Waals surface area contributed by atoms with E-state index in [1.165, 1.54) is 11.8 Å². The number of piperidine rings is 1. The van der Waals surface area contributed by atoms with Crippen LogP contribution >= 0.6 is 0 Å². The molecular formula is C11H15F2NO3. The van der Waals surface area contributed by atoms with Crippen LogP contribution in [-0.4, -0.2) is 40.9 Å². The molecule has 17 heavy (non-hydrogen) atoms. The van der Waals surface area contributed by atoms with Crippen molar-refractivity contribution in [2.45, 2.75) is 25.7 Å². The number of amides is 1. The van der Waals surface area contributed by atoms with Gasteiger partial charge in [-0.3, -0.25) is 9.59 Å². The summed E-state index contributed by atoms with van der Waals surface area (Å²) in [6, 6.07) is 0. The summed E-state index contributed by atoms with van der Waals surface area (Å²) in [7, 11) is 0. The lowest BCUT2D eigenvalue weighted by Crippen LogP contribution is -2.58. The van der Waals surface area contributed by atoms with Gasteiger partial charge in [-0.25, -0.2) is 8.78 Å². The SMILES string of the molecule is CC(=O)N1C[C@H]2CC(C(=O)O)C[C@@H](C1)C2(F)F. The third kappa shape index (κ3) is 2.00. The second-order valence-electron chi connectivity index (χ2n) is 5.00. The molecule has 3 atom stereocenters. The van der Waals surface area contributed by atoms with E-state index in [9.17, 15) is 18.4 Å². The Hall–Kier alpha value is -1.20. The van der Waals surface area contributed by atoms with Gasteiger partial charge in [0.2, 0.25) is 5.91 Å². The van der Waals surface area contributed by atoms with Crippen molar-refractivity contribution in [3.8, 4) is 0 Å². The van der Waals surface area contributed by atoms with E-state index in [4.69, 9.17) is 5.11 Å². The number of halogens is 2. The maximum absolute atomic E-state index is 13.9. The van der Waals surface area contributed by atoms with Gasteiger partial charge in [-0.05, 0) is 12.8 Å². The first kappa shape index (κ1) is 12.3. The number of nitrogens with zero attached hydrogens (tertiary/aromatic N) is 1. The Kier molecular flexibility index (Phi) is 2.83. The number of likely N-dealkylation sites (tertiary alicyclic amines) is 1. The zero-order chi connectivity index (χ0) is 12.8. The second-order valence-corrected chi connectivity index (χ2v) is 5.00. The van der Waals surface area contributed by atoms with E-state index < -0.39 is 29.6 Å². The van der Waals surface area contributed by atoms with Gasteiger partial charge in [0.1, 0.15) is 0 Å². The molecule has 96 valence electrons. The molecule has 0 radical (unpaired) electrons. The molecule has 2 aliphatic rings. The van der Waals surface area contributed by atoms with Crippen molar-refractivity contribution in [1.82, 2.24) is 4.90 Å². The van der Waals surface area contributed by atoms with Gasteiger partial charge in [0, 0.05) is 31.8 Å². The van der Waals surface area contributed by atoms with Gasteiger partial charge in [0.05, 0.1) is 5.92 Å². The number of carboxylic acids is 1. The molecule has 4 nitrogen and oxygen atoms in total. The maximum Gasteiger partial charge on any atom is 0.306 e. The first-order chi connectivity index (χ1) is 7.82. The lowest BCUT2D eigenvalue weighted by molar-refractivity contribution is -0.190. The molecule has 1 saturated heterocycles. The molecule has 1 heterocycles. The van der Waals surface area contributed by atoms with Crippen molar-refractivity contribution < 1.29 is 23.5 Å². The predicted octanol–water partition coefficient (Wildman–Crippen LogP) is 1.21. The molecule has 1 unspecified atom stereocenters. The summed E-state index contributed by atoms with van der Waals surface area (Å²) < 4.78 is 27.7. The highest BCUT2D eigenvalue weighted by Crippen LogP contribution is 2.48. The molecule has 1 aliphatic heterocycles. The molecule has 0 aromatic rings. The third-order valence-electron chi connectivity index (χ3n) is 3.90. The van der Waals surface area contributed by atoms with Gasteiger partial charge in [0.25, 0.3) is 5.92 Å². The van der Waals surface area contributed by atoms with E-state index in [0.717, 1.165) is 0 Å². The van der Waals surface area contributed by atoms with Crippen LogP contribution in [0.4, 0.5) is 8.78 Å². The molecule has 1 amide bonds. The van der Waals surface area contributed by atoms with E-state index in [2.05, 4.69) is 0 Å². The van der Waals surface area contributed by atoms with E-state index in [1.807, 2.05) is 0 Å². The monoisotopic (exact) mass is 247 g/mol. The lowest BCUT2D eigenvalue weighted by atomic mass is 9.69. The number of carboxylic acid groups (broad SMARTS) is 1. The molecular weight excluding hydrogens is 232 g/mol. The molecule has 1 aliphatic carbocycles. The van der Waals surface area contributed by atoms with Crippen LogP contribution in [0.2, 0.25) is 0 Å². The zero-order valence-electron chi connectivity index (χ0n) is 9.53. The molecule has 1 saturated carbocycles. The van der Waals surface area contributed by atoms with Crippen molar-refractivity contribution in [3.05, 3.63) is 0 Å². The van der Waals surface area contributed by atoms with Gasteiger partial charge < -0.3 is 10.0 Å². The highest BCUT2D eigenvalue weighted by Gasteiger charge is 2.56. The van der Waals surface area contributed by atoms with E-state index in [1.54, 1.807) is 0 Å². The van der Waals surface area contributed by atoms with Crippen LogP contribution in [0.1, 0.15) is 19.8 Å². The third-order valence-corrected chi connectivity index (χ3v) is 3.90. The quantitative estimate of drug-likeness (QED) is 0.757. The number of carbonyl (C=O) groups is 2. The van der Waals surface area contributed by atoms with Crippen LogP contribution in [0.25, 0.3) is 0 Å². The fourth-order valence-corrected chi connectivity index (χ4v) is 2.89. The zero-order valence-corrected chi connectivity index (χ0v) is 9.53. The maximum atomic E-state index is 13.9. The number of hydrogen-bond donors (Lipinski definition) is 1. The minimum absolute atomic E-state index is 0.0252. The van der Waals surface area contributed by atoms with E-state index in [0.29, 0.717) is 0 Å². The molecule has 2 bridgehead atoms. The largest absolute Gasteiger partial charge is 0.481 e. The first-order valence-electron chi connectivity index (χ1n) is 5.68. The fourth-order valence-electron chi connectivity index (χ4n) is 2.89. The van der Waals surface area contributed by atoms with Crippen molar-refractivity contribution in [2.24, 2.45) is 17.8 Å². The van der Waals surface area contributed by atoms with Crippen LogP contribution in [0.3, 0.4) is 0 Å². The summed E-state index contributed by atoms with van der Waals surface area (Å²) in [6.07, 6.45) is -0.0781. The van der Waals surface area contributed by atoms with Gasteiger partial charge in [-0.1, -0.05) is 0 Å². The average molecular weight is 247 g/mol. The fraction of sp³-hybridized carbons (Fsp3) is 0.818. The standard InChI is InChI=1S/C11H15F2NO3/c1-6(15)14-4-8-2-7(10(16)17)3-9(5-14)11(8,12)13/h7-9H,2-5H2,1H3,(H,16,17)/t7?,8-,9+. The summed E-state index contributed by atoms with van der Waals surface area (Å²) in [4.78, 5) is 23.5. The number of rotatable bonds is 1. The number of fused-ring (bicyclic) bond motifs is 2. The number of aliphatic carboxylic acids is 1. The summed E-state index contributed by atoms with van der Waals surface area (Å²) in [5.41, 5.74) is 0. The van der Waals surface area contributed by atoms with E-state index >= 15 is 0 Å². The van der Waals surface area contributed by atoms with Crippen molar-refractivity contribution in [3.63, 3.8) is 0 Å². The van der Waals surface area contributed by atoms with Crippen molar-refractivity contribution in [1.29, 1.82) is 0 Å². The summed E-state index contributed by atoms with van der Waals surface area (Å²) >= 11 is 0. The van der Waals surface area contributed by atoms with Crippen molar-refractivity contribution >= 4 is 11.9 Å². The second kappa shape index (κ2) is 3.92. The smallest absolute Gasteiger partial charge is 0.306 e. The normalized spacial score (nSPS) is 35.5. The minimum Gasteiger partial charge on any atom is -0.481 e. The van der Waals surface area contributed by atoms with Crippen molar-refractivity contribution in [2.75, 3.05) is 13.1 Å². The number of hydrogen-bond acceptors (Lipinski definition) is 2. The molecule has 0 aromatic heterocycles. The van der Waals surface area contributed by atoms with Crippen LogP contribution < -0.4 is 0 Å². The van der Waals surface area contributed by atoms with Gasteiger partial charge in [0.15, 0.2) is 0 Å². The predicted molar refractivity (Wildman–Crippen MR) is 54.5 cm³/mol. The van der Waals surface area contributed by atoms with Gasteiger partial charge in [-0.15, -0.1) is 0 Å². The van der Waals surface area contributed by atoms with Crippen LogP contribution in [0.15, 0.2) is 0 Å². The lowest BCUT2D eigenvalue weighted by Gasteiger charge is -2.48. The van der Waals surface area contributed by atoms with Gasteiger partial charge in [-0.2, -0.15) is 0 Å². The Morgan fingerprint density at radius 2 is 1.71 bits per heavy atom. The average Bonchev–Trinajstić information content (AvgIpc) is 2.14. The first-order valence-corrected chi connectivity index (χ1v) is 5.68. The summed E-state index contributed by atoms with van der Waals surface area (Å²) in [5.74, 6) is -6.78. The van der Waals surface area contributed by atoms with Crippen LogP contribution in [0.5, 0.6) is 0 Å². The Bertz CT molecular complexity index is 315. The molecule has 6 heteroatoms. The number of carbonyl (C=O) groups excluding carboxylic acids is 1. The highest BCUT2D eigenvalue weighted by atomic mass is 19.3. The minimum atomic E-state index is -2.84. The van der Waals surface area contributed by atoms with Crippen LogP contribution in [-0.2, 0) is 9.59 Å². The topological polar surface area (TPSA) is 57.6 Å². The summed E-state index contributed by atoms with van der Waals surface area (Å²) in [6.45, 7) is 1.30. The molecule has 2 fully saturated rings. The van der Waals surface area contributed by atoms with Gasteiger partial charge >= 0.3 is 5.97 Å². The molecule has 2 rings (SSSR count). The summed E-state index contributed by atoms with van der Waals surface area (Å²) in [5, 5.41) is 8.91. The Morgan fingerprint density at radius 1 is 1.24 bits per heavy atom. The van der Waals surface area contributed by atoms with E-state index in [-0.39, 0.29) is 31.8 Å². The Labute approximate surface area is 97.6 Å². The van der Waals surface area contributed by atoms with Crippen LogP contribution in [0, 0.1) is 17.8 Å². The molecule has 1 N–H and O–H groups in total. The Balaban J connectivity index is 2.19. The Morgan fingerprint density at radius 3 is 2.06 bits per heavy atom. The molecule has 0 aromatic carbocycles. The highest BCUT2D eigenvalue weighted by molar-refractivity contribution is 5.74.